The molecule has 0 aliphatic heterocycles. The van der Waals surface area contributed by atoms with Crippen LogP contribution in [0.2, 0.25) is 0 Å². The number of anilines is 1. The molecule has 0 bridgehead atoms. The fourth-order valence-electron chi connectivity index (χ4n) is 2.98. The molecular formula is C21H22N6O2. The number of aromatic nitrogens is 5. The van der Waals surface area contributed by atoms with Crippen molar-refractivity contribution < 1.29 is 9.26 Å². The van der Waals surface area contributed by atoms with E-state index in [2.05, 4.69) is 25.5 Å². The van der Waals surface area contributed by atoms with E-state index in [9.17, 15) is 0 Å². The minimum absolute atomic E-state index is 0.395. The van der Waals surface area contributed by atoms with Crippen LogP contribution in [0, 0.1) is 6.92 Å². The van der Waals surface area contributed by atoms with Crippen molar-refractivity contribution in [3.05, 3.63) is 65.5 Å². The first kappa shape index (κ1) is 18.8. The van der Waals surface area contributed by atoms with Crippen molar-refractivity contribution in [3.63, 3.8) is 0 Å². The van der Waals surface area contributed by atoms with Crippen LogP contribution in [0.15, 0.2) is 53.2 Å². The molecule has 4 rings (SSSR count). The molecule has 0 unspecified atom stereocenters. The van der Waals surface area contributed by atoms with Gasteiger partial charge in [-0.2, -0.15) is 10.1 Å². The SMILES string of the molecule is CNc1ccc(Cn2nc(-c3nc(-c4ccc(COC)cc4)no3)cc2C)cn1. The minimum Gasteiger partial charge on any atom is -0.380 e. The Balaban J connectivity index is 1.52. The summed E-state index contributed by atoms with van der Waals surface area (Å²) in [5.41, 5.74) is 4.68. The van der Waals surface area contributed by atoms with Crippen molar-refractivity contribution in [3.8, 4) is 23.0 Å². The molecule has 0 radical (unpaired) electrons. The lowest BCUT2D eigenvalue weighted by Crippen LogP contribution is -2.04. The highest BCUT2D eigenvalue weighted by Gasteiger charge is 2.15. The highest BCUT2D eigenvalue weighted by Crippen LogP contribution is 2.23. The second-order valence-corrected chi connectivity index (χ2v) is 6.68. The minimum atomic E-state index is 0.395. The quantitative estimate of drug-likeness (QED) is 0.516. The topological polar surface area (TPSA) is 90.9 Å². The monoisotopic (exact) mass is 390 g/mol. The summed E-state index contributed by atoms with van der Waals surface area (Å²) >= 11 is 0. The van der Waals surface area contributed by atoms with Gasteiger partial charge in [0.05, 0.1) is 13.2 Å². The molecule has 4 aromatic rings. The number of hydrogen-bond donors (Lipinski definition) is 1. The van der Waals surface area contributed by atoms with E-state index < -0.39 is 0 Å². The Labute approximate surface area is 168 Å². The van der Waals surface area contributed by atoms with E-state index >= 15 is 0 Å². The molecule has 1 N–H and O–H groups in total. The molecule has 8 nitrogen and oxygen atoms in total. The fraction of sp³-hybridized carbons (Fsp3) is 0.238. The Morgan fingerprint density at radius 1 is 1.10 bits per heavy atom. The standard InChI is InChI=1S/C21H22N6O2/c1-14-10-18(25-27(14)12-16-6-9-19(22-2)23-11-16)21-24-20(26-29-21)17-7-4-15(5-8-17)13-28-3/h4-11H,12-13H2,1-3H3,(H,22,23). The number of pyridine rings is 1. The van der Waals surface area contributed by atoms with Gasteiger partial charge in [-0.1, -0.05) is 35.5 Å². The zero-order valence-corrected chi connectivity index (χ0v) is 16.6. The van der Waals surface area contributed by atoms with Crippen molar-refractivity contribution in [2.75, 3.05) is 19.5 Å². The van der Waals surface area contributed by atoms with E-state index in [-0.39, 0.29) is 0 Å². The van der Waals surface area contributed by atoms with Gasteiger partial charge in [0, 0.05) is 31.6 Å². The first-order valence-electron chi connectivity index (χ1n) is 9.25. The molecule has 3 heterocycles. The van der Waals surface area contributed by atoms with Crippen molar-refractivity contribution in [1.29, 1.82) is 0 Å². The van der Waals surface area contributed by atoms with Gasteiger partial charge in [0.25, 0.3) is 5.89 Å². The van der Waals surface area contributed by atoms with E-state index in [0.29, 0.717) is 30.6 Å². The van der Waals surface area contributed by atoms with Crippen LogP contribution in [0.3, 0.4) is 0 Å². The molecule has 1 aromatic carbocycles. The van der Waals surface area contributed by atoms with Gasteiger partial charge in [-0.3, -0.25) is 4.68 Å². The summed E-state index contributed by atoms with van der Waals surface area (Å²) in [5, 5.41) is 11.7. The molecule has 29 heavy (non-hydrogen) atoms. The van der Waals surface area contributed by atoms with Crippen LogP contribution in [0.1, 0.15) is 16.8 Å². The van der Waals surface area contributed by atoms with Gasteiger partial charge in [0.2, 0.25) is 5.82 Å². The molecular weight excluding hydrogens is 368 g/mol. The first-order valence-corrected chi connectivity index (χ1v) is 9.25. The summed E-state index contributed by atoms with van der Waals surface area (Å²) in [7, 11) is 3.52. The number of nitrogens with zero attached hydrogens (tertiary/aromatic N) is 5. The molecule has 0 amide bonds. The van der Waals surface area contributed by atoms with E-state index in [4.69, 9.17) is 9.26 Å². The number of ether oxygens (including phenoxy) is 1. The molecule has 0 atom stereocenters. The molecule has 0 spiro atoms. The lowest BCUT2D eigenvalue weighted by Gasteiger charge is -2.05. The maximum atomic E-state index is 5.45. The third kappa shape index (κ3) is 4.17. The Bertz CT molecular complexity index is 1080. The van der Waals surface area contributed by atoms with E-state index in [1.165, 1.54) is 0 Å². The molecule has 8 heteroatoms. The van der Waals surface area contributed by atoms with Gasteiger partial charge in [0.15, 0.2) is 5.69 Å². The summed E-state index contributed by atoms with van der Waals surface area (Å²) < 4.78 is 12.5. The summed E-state index contributed by atoms with van der Waals surface area (Å²) in [4.78, 5) is 8.85. The third-order valence-electron chi connectivity index (χ3n) is 4.56. The average molecular weight is 390 g/mol. The number of rotatable bonds is 7. The lowest BCUT2D eigenvalue weighted by molar-refractivity contribution is 0.185. The predicted octanol–water partition coefficient (Wildman–Crippen LogP) is 3.54. The molecule has 0 saturated carbocycles. The molecule has 0 aliphatic rings. The maximum Gasteiger partial charge on any atom is 0.278 e. The molecule has 0 fully saturated rings. The second-order valence-electron chi connectivity index (χ2n) is 6.68. The summed E-state index contributed by atoms with van der Waals surface area (Å²) in [6.45, 7) is 3.18. The first-order chi connectivity index (χ1) is 14.2. The molecule has 0 aliphatic carbocycles. The Morgan fingerprint density at radius 2 is 1.90 bits per heavy atom. The van der Waals surface area contributed by atoms with Gasteiger partial charge in [-0.15, -0.1) is 0 Å². The highest BCUT2D eigenvalue weighted by atomic mass is 16.5. The largest absolute Gasteiger partial charge is 0.380 e. The summed E-state index contributed by atoms with van der Waals surface area (Å²) in [6, 6.07) is 13.8. The Morgan fingerprint density at radius 3 is 2.59 bits per heavy atom. The van der Waals surface area contributed by atoms with Gasteiger partial charge in [0.1, 0.15) is 5.82 Å². The van der Waals surface area contributed by atoms with Crippen LogP contribution in [-0.4, -0.2) is 39.1 Å². The van der Waals surface area contributed by atoms with Crippen LogP contribution in [0.4, 0.5) is 5.82 Å². The summed E-state index contributed by atoms with van der Waals surface area (Å²) in [6.07, 6.45) is 1.84. The Hall–Kier alpha value is -3.52. The number of hydrogen-bond acceptors (Lipinski definition) is 7. The van der Waals surface area contributed by atoms with Crippen molar-refractivity contribution in [2.24, 2.45) is 0 Å². The van der Waals surface area contributed by atoms with Crippen molar-refractivity contribution >= 4 is 5.82 Å². The number of nitrogens with one attached hydrogen (secondary N) is 1. The maximum absolute atomic E-state index is 5.45. The second kappa shape index (κ2) is 8.24. The average Bonchev–Trinajstić information content (AvgIpc) is 3.37. The van der Waals surface area contributed by atoms with Gasteiger partial charge < -0.3 is 14.6 Å². The molecule has 148 valence electrons. The van der Waals surface area contributed by atoms with Crippen LogP contribution in [0.5, 0.6) is 0 Å². The smallest absolute Gasteiger partial charge is 0.278 e. The van der Waals surface area contributed by atoms with Crippen molar-refractivity contribution in [2.45, 2.75) is 20.1 Å². The van der Waals surface area contributed by atoms with E-state index in [1.54, 1.807) is 7.11 Å². The molecule has 0 saturated heterocycles. The Kier molecular flexibility index (Phi) is 5.35. The van der Waals surface area contributed by atoms with Crippen LogP contribution >= 0.6 is 0 Å². The normalized spacial score (nSPS) is 11.0. The zero-order chi connectivity index (χ0) is 20.2. The van der Waals surface area contributed by atoms with Crippen LogP contribution in [0.25, 0.3) is 23.0 Å². The van der Waals surface area contributed by atoms with Gasteiger partial charge in [-0.05, 0) is 30.2 Å². The zero-order valence-electron chi connectivity index (χ0n) is 16.6. The third-order valence-corrected chi connectivity index (χ3v) is 4.56. The number of aryl methyl sites for hydroxylation is 1. The van der Waals surface area contributed by atoms with Gasteiger partial charge in [-0.25, -0.2) is 4.98 Å². The van der Waals surface area contributed by atoms with E-state index in [1.807, 2.05) is 67.3 Å². The fourth-order valence-corrected chi connectivity index (χ4v) is 2.98. The van der Waals surface area contributed by atoms with Crippen LogP contribution < -0.4 is 5.32 Å². The van der Waals surface area contributed by atoms with Crippen molar-refractivity contribution in [1.82, 2.24) is 24.9 Å². The lowest BCUT2D eigenvalue weighted by atomic mass is 10.1. The highest BCUT2D eigenvalue weighted by molar-refractivity contribution is 5.58. The van der Waals surface area contributed by atoms with E-state index in [0.717, 1.165) is 28.2 Å². The molecule has 3 aromatic heterocycles. The summed E-state index contributed by atoms with van der Waals surface area (Å²) in [5.74, 6) is 1.76. The van der Waals surface area contributed by atoms with Gasteiger partial charge >= 0.3 is 0 Å². The number of benzene rings is 1. The predicted molar refractivity (Wildman–Crippen MR) is 109 cm³/mol. The van der Waals surface area contributed by atoms with Crippen LogP contribution in [-0.2, 0) is 17.9 Å². The number of methoxy groups -OCH3 is 1.